The Morgan fingerprint density at radius 3 is 2.85 bits per heavy atom. The van der Waals surface area contributed by atoms with Crippen LogP contribution in [0.15, 0.2) is 30.5 Å². The topological polar surface area (TPSA) is 60.5 Å². The Labute approximate surface area is 117 Å². The van der Waals surface area contributed by atoms with Gasteiger partial charge in [0.05, 0.1) is 19.7 Å². The summed E-state index contributed by atoms with van der Waals surface area (Å²) in [7, 11) is 3.01. The quantitative estimate of drug-likeness (QED) is 0.844. The number of carbonyl (C=O) groups excluding carboxylic acids is 1. The summed E-state index contributed by atoms with van der Waals surface area (Å²) < 4.78 is 9.88. The van der Waals surface area contributed by atoms with Gasteiger partial charge in [-0.25, -0.2) is 0 Å². The van der Waals surface area contributed by atoms with Gasteiger partial charge in [0.15, 0.2) is 0 Å². The van der Waals surface area contributed by atoms with Crippen LogP contribution in [0.2, 0.25) is 0 Å². The molecule has 0 aliphatic rings. The number of nitrogens with one attached hydrogen (secondary N) is 1. The fraction of sp³-hybridized carbons (Fsp3) is 0.333. The minimum absolute atomic E-state index is 0.273. The normalized spacial score (nSPS) is 12.2. The molecule has 0 spiro atoms. The van der Waals surface area contributed by atoms with Gasteiger partial charge in [0.2, 0.25) is 0 Å². The second-order valence-corrected chi connectivity index (χ2v) is 4.48. The van der Waals surface area contributed by atoms with Crippen LogP contribution in [-0.4, -0.2) is 31.2 Å². The lowest BCUT2D eigenvalue weighted by Crippen LogP contribution is -2.34. The van der Waals surface area contributed by atoms with E-state index in [9.17, 15) is 4.79 Å². The third-order valence-corrected chi connectivity index (χ3v) is 3.19. The fourth-order valence-electron chi connectivity index (χ4n) is 1.99. The Morgan fingerprint density at radius 2 is 2.15 bits per heavy atom. The molecule has 1 N–H and O–H groups in total. The predicted molar refractivity (Wildman–Crippen MR) is 76.6 cm³/mol. The van der Waals surface area contributed by atoms with Gasteiger partial charge in [-0.1, -0.05) is 0 Å². The molecule has 1 unspecified atom stereocenters. The van der Waals surface area contributed by atoms with E-state index in [1.807, 2.05) is 24.3 Å². The van der Waals surface area contributed by atoms with Crippen LogP contribution in [0.5, 0.6) is 5.75 Å². The predicted octanol–water partition coefficient (Wildman–Crippen LogP) is 1.89. The molecule has 1 aromatic carbocycles. The summed E-state index contributed by atoms with van der Waals surface area (Å²) >= 11 is 0. The maximum Gasteiger partial charge on any atom is 0.322 e. The Bertz CT molecular complexity index is 613. The highest BCUT2D eigenvalue weighted by atomic mass is 16.5. The van der Waals surface area contributed by atoms with E-state index in [1.54, 1.807) is 20.2 Å². The summed E-state index contributed by atoms with van der Waals surface area (Å²) in [6.07, 6.45) is 1.75. The SMILES string of the molecule is COC(=O)C(C)NCc1ccnc2cc(OC)ccc12. The number of rotatable bonds is 5. The molecule has 0 saturated carbocycles. The molecule has 0 aliphatic carbocycles. The van der Waals surface area contributed by atoms with Gasteiger partial charge in [0, 0.05) is 24.2 Å². The minimum atomic E-state index is -0.346. The molecule has 1 heterocycles. The number of ether oxygens (including phenoxy) is 2. The number of aromatic nitrogens is 1. The molecule has 20 heavy (non-hydrogen) atoms. The van der Waals surface area contributed by atoms with Crippen LogP contribution in [0.3, 0.4) is 0 Å². The monoisotopic (exact) mass is 274 g/mol. The van der Waals surface area contributed by atoms with Gasteiger partial charge in [0.1, 0.15) is 11.8 Å². The number of pyridine rings is 1. The molecule has 5 nitrogen and oxygen atoms in total. The van der Waals surface area contributed by atoms with Crippen LogP contribution >= 0.6 is 0 Å². The molecule has 2 rings (SSSR count). The average molecular weight is 274 g/mol. The van der Waals surface area contributed by atoms with E-state index < -0.39 is 0 Å². The van der Waals surface area contributed by atoms with Crippen molar-refractivity contribution in [1.29, 1.82) is 0 Å². The van der Waals surface area contributed by atoms with Crippen molar-refractivity contribution in [3.05, 3.63) is 36.0 Å². The van der Waals surface area contributed by atoms with E-state index in [1.165, 1.54) is 7.11 Å². The van der Waals surface area contributed by atoms with Gasteiger partial charge in [0.25, 0.3) is 0 Å². The number of nitrogens with zero attached hydrogens (tertiary/aromatic N) is 1. The summed E-state index contributed by atoms with van der Waals surface area (Å²) in [5, 5.41) is 4.18. The molecular formula is C15H18N2O3. The molecule has 0 bridgehead atoms. The Kier molecular flexibility index (Phi) is 4.53. The first kappa shape index (κ1) is 14.3. The van der Waals surface area contributed by atoms with E-state index in [2.05, 4.69) is 15.0 Å². The van der Waals surface area contributed by atoms with E-state index in [-0.39, 0.29) is 12.0 Å². The molecule has 0 amide bonds. The summed E-state index contributed by atoms with van der Waals surface area (Å²) in [5.74, 6) is 0.503. The number of methoxy groups -OCH3 is 2. The lowest BCUT2D eigenvalue weighted by Gasteiger charge is -2.13. The first-order valence-corrected chi connectivity index (χ1v) is 6.38. The van der Waals surface area contributed by atoms with Crippen LogP contribution in [0, 0.1) is 0 Å². The van der Waals surface area contributed by atoms with Crippen LogP contribution in [0.4, 0.5) is 0 Å². The highest BCUT2D eigenvalue weighted by Crippen LogP contribution is 2.21. The van der Waals surface area contributed by atoms with Crippen molar-refractivity contribution < 1.29 is 14.3 Å². The van der Waals surface area contributed by atoms with Crippen molar-refractivity contribution >= 4 is 16.9 Å². The maximum atomic E-state index is 11.4. The first-order valence-electron chi connectivity index (χ1n) is 6.38. The van der Waals surface area contributed by atoms with Crippen molar-refractivity contribution in [3.8, 4) is 5.75 Å². The van der Waals surface area contributed by atoms with Crippen molar-refractivity contribution in [2.24, 2.45) is 0 Å². The third kappa shape index (κ3) is 3.05. The number of hydrogen-bond acceptors (Lipinski definition) is 5. The molecule has 1 atom stereocenters. The zero-order valence-corrected chi connectivity index (χ0v) is 11.8. The van der Waals surface area contributed by atoms with E-state index in [0.29, 0.717) is 6.54 Å². The molecular weight excluding hydrogens is 256 g/mol. The molecule has 106 valence electrons. The van der Waals surface area contributed by atoms with Crippen LogP contribution < -0.4 is 10.1 Å². The van der Waals surface area contributed by atoms with Gasteiger partial charge in [-0.2, -0.15) is 0 Å². The molecule has 0 aliphatic heterocycles. The standard InChI is InChI=1S/C15H18N2O3/c1-10(15(18)20-3)17-9-11-6-7-16-14-8-12(19-2)4-5-13(11)14/h4-8,10,17H,9H2,1-3H3. The summed E-state index contributed by atoms with van der Waals surface area (Å²) in [6, 6.07) is 7.36. The summed E-state index contributed by atoms with van der Waals surface area (Å²) in [5.41, 5.74) is 1.95. The van der Waals surface area contributed by atoms with Crippen molar-refractivity contribution in [1.82, 2.24) is 10.3 Å². The first-order chi connectivity index (χ1) is 9.65. The molecule has 1 aromatic heterocycles. The van der Waals surface area contributed by atoms with Gasteiger partial charge in [-0.05, 0) is 30.7 Å². The summed E-state index contributed by atoms with van der Waals surface area (Å²) in [6.45, 7) is 2.35. The van der Waals surface area contributed by atoms with Crippen LogP contribution in [0.1, 0.15) is 12.5 Å². The van der Waals surface area contributed by atoms with Crippen molar-refractivity contribution in [2.75, 3.05) is 14.2 Å². The Hall–Kier alpha value is -2.14. The van der Waals surface area contributed by atoms with Crippen molar-refractivity contribution in [3.63, 3.8) is 0 Å². The van der Waals surface area contributed by atoms with Gasteiger partial charge >= 0.3 is 5.97 Å². The second-order valence-electron chi connectivity index (χ2n) is 4.48. The highest BCUT2D eigenvalue weighted by Gasteiger charge is 2.12. The second kappa shape index (κ2) is 6.34. The zero-order valence-electron chi connectivity index (χ0n) is 11.8. The van der Waals surface area contributed by atoms with Gasteiger partial charge in [-0.15, -0.1) is 0 Å². The lowest BCUT2D eigenvalue weighted by molar-refractivity contribution is -0.142. The summed E-state index contributed by atoms with van der Waals surface area (Å²) in [4.78, 5) is 15.7. The largest absolute Gasteiger partial charge is 0.497 e. The third-order valence-electron chi connectivity index (χ3n) is 3.19. The number of hydrogen-bond donors (Lipinski definition) is 1. The average Bonchev–Trinajstić information content (AvgIpc) is 2.50. The molecule has 5 heteroatoms. The van der Waals surface area contributed by atoms with E-state index in [0.717, 1.165) is 22.2 Å². The number of esters is 1. The Balaban J connectivity index is 2.20. The van der Waals surface area contributed by atoms with Gasteiger partial charge < -0.3 is 14.8 Å². The Morgan fingerprint density at radius 1 is 1.35 bits per heavy atom. The zero-order chi connectivity index (χ0) is 14.5. The number of carbonyl (C=O) groups is 1. The fourth-order valence-corrected chi connectivity index (χ4v) is 1.99. The smallest absolute Gasteiger partial charge is 0.322 e. The number of benzene rings is 1. The van der Waals surface area contributed by atoms with E-state index in [4.69, 9.17) is 4.74 Å². The van der Waals surface area contributed by atoms with E-state index >= 15 is 0 Å². The lowest BCUT2D eigenvalue weighted by atomic mass is 10.1. The van der Waals surface area contributed by atoms with Crippen LogP contribution in [-0.2, 0) is 16.1 Å². The van der Waals surface area contributed by atoms with Crippen molar-refractivity contribution in [2.45, 2.75) is 19.5 Å². The highest BCUT2D eigenvalue weighted by molar-refractivity contribution is 5.83. The maximum absolute atomic E-state index is 11.4. The molecule has 0 saturated heterocycles. The molecule has 0 fully saturated rings. The van der Waals surface area contributed by atoms with Crippen LogP contribution in [0.25, 0.3) is 10.9 Å². The number of fused-ring (bicyclic) bond motifs is 1. The van der Waals surface area contributed by atoms with Gasteiger partial charge in [-0.3, -0.25) is 9.78 Å². The molecule has 0 radical (unpaired) electrons. The minimum Gasteiger partial charge on any atom is -0.497 e. The molecule has 2 aromatic rings.